The van der Waals surface area contributed by atoms with Crippen LogP contribution in [-0.4, -0.2) is 59.6 Å². The Morgan fingerprint density at radius 3 is 2.89 bits per heavy atom. The van der Waals surface area contributed by atoms with E-state index in [0.717, 1.165) is 44.8 Å². The molecular weight excluding hydrogens is 342 g/mol. The lowest BCUT2D eigenvalue weighted by atomic mass is 10.2. The zero-order valence-corrected chi connectivity index (χ0v) is 15.8. The van der Waals surface area contributed by atoms with Crippen molar-refractivity contribution in [3.8, 4) is 0 Å². The van der Waals surface area contributed by atoms with Gasteiger partial charge in [0.05, 0.1) is 24.5 Å². The van der Waals surface area contributed by atoms with E-state index in [1.807, 2.05) is 15.8 Å². The Morgan fingerprint density at radius 1 is 1.30 bits per heavy atom. The highest BCUT2D eigenvalue weighted by Gasteiger charge is 2.22. The third kappa shape index (κ3) is 4.42. The van der Waals surface area contributed by atoms with Crippen molar-refractivity contribution in [3.63, 3.8) is 0 Å². The highest BCUT2D eigenvalue weighted by Crippen LogP contribution is 2.19. The molecule has 4 rings (SSSR count). The van der Waals surface area contributed by atoms with E-state index in [1.54, 1.807) is 6.20 Å². The molecule has 2 aromatic rings. The van der Waals surface area contributed by atoms with Crippen molar-refractivity contribution in [2.75, 3.05) is 43.0 Å². The van der Waals surface area contributed by atoms with E-state index in [4.69, 9.17) is 4.74 Å². The van der Waals surface area contributed by atoms with Gasteiger partial charge in [-0.15, -0.1) is 0 Å². The second kappa shape index (κ2) is 8.00. The van der Waals surface area contributed by atoms with Crippen LogP contribution < -0.4 is 10.2 Å². The first-order valence-electron chi connectivity index (χ1n) is 9.69. The molecule has 1 unspecified atom stereocenters. The lowest BCUT2D eigenvalue weighted by Gasteiger charge is -2.36. The number of aryl methyl sites for hydroxylation is 1. The summed E-state index contributed by atoms with van der Waals surface area (Å²) in [6.45, 7) is 6.79. The molecule has 1 atom stereocenters. The van der Waals surface area contributed by atoms with Crippen molar-refractivity contribution < 1.29 is 9.53 Å². The number of hydrogen-bond acceptors (Lipinski definition) is 4. The number of carbonyl (C=O) groups is 1. The summed E-state index contributed by atoms with van der Waals surface area (Å²) in [5.74, 6) is 0. The maximum Gasteiger partial charge on any atom is 0.322 e. The van der Waals surface area contributed by atoms with Gasteiger partial charge in [-0.1, -0.05) is 12.1 Å². The molecule has 7 nitrogen and oxygen atoms in total. The first kappa shape index (κ1) is 17.9. The van der Waals surface area contributed by atoms with Gasteiger partial charge in [-0.25, -0.2) is 4.79 Å². The summed E-state index contributed by atoms with van der Waals surface area (Å²) in [6, 6.07) is 8.45. The highest BCUT2D eigenvalue weighted by molar-refractivity contribution is 5.89. The molecule has 2 aliphatic heterocycles. The monoisotopic (exact) mass is 369 g/mol. The van der Waals surface area contributed by atoms with Crippen molar-refractivity contribution in [3.05, 3.63) is 42.2 Å². The zero-order valence-electron chi connectivity index (χ0n) is 15.8. The van der Waals surface area contributed by atoms with Crippen LogP contribution in [0.2, 0.25) is 0 Å². The van der Waals surface area contributed by atoms with Crippen LogP contribution in [0.25, 0.3) is 0 Å². The molecule has 1 aromatic carbocycles. The molecule has 3 heterocycles. The minimum Gasteiger partial charge on any atom is -0.376 e. The molecule has 0 saturated carbocycles. The maximum atomic E-state index is 12.6. The van der Waals surface area contributed by atoms with E-state index in [9.17, 15) is 4.79 Å². The fraction of sp³-hybridized carbons (Fsp3) is 0.500. The number of aromatic nitrogens is 2. The van der Waals surface area contributed by atoms with Crippen molar-refractivity contribution in [2.45, 2.75) is 32.4 Å². The number of amides is 2. The van der Waals surface area contributed by atoms with E-state index in [2.05, 4.69) is 46.5 Å². The number of hydrogen-bond donors (Lipinski definition) is 1. The summed E-state index contributed by atoms with van der Waals surface area (Å²) >= 11 is 0. The number of nitrogens with one attached hydrogen (secondary N) is 1. The molecule has 2 saturated heterocycles. The molecular formula is C20H27N5O2. The van der Waals surface area contributed by atoms with Gasteiger partial charge >= 0.3 is 6.03 Å². The van der Waals surface area contributed by atoms with Crippen LogP contribution in [-0.2, 0) is 11.3 Å². The van der Waals surface area contributed by atoms with Gasteiger partial charge in [0, 0.05) is 44.7 Å². The average Bonchev–Trinajstić information content (AvgIpc) is 3.34. The minimum absolute atomic E-state index is 0.0597. The topological polar surface area (TPSA) is 62.6 Å². The van der Waals surface area contributed by atoms with E-state index in [-0.39, 0.29) is 12.1 Å². The van der Waals surface area contributed by atoms with E-state index < -0.39 is 0 Å². The Balaban J connectivity index is 1.27. The van der Waals surface area contributed by atoms with Gasteiger partial charge in [-0.3, -0.25) is 4.68 Å². The summed E-state index contributed by atoms with van der Waals surface area (Å²) in [7, 11) is 0. The lowest BCUT2D eigenvalue weighted by Crippen LogP contribution is -2.50. The average molecular weight is 369 g/mol. The molecule has 0 radical (unpaired) electrons. The number of rotatable bonds is 4. The highest BCUT2D eigenvalue weighted by atomic mass is 16.5. The van der Waals surface area contributed by atoms with Crippen molar-refractivity contribution >= 4 is 17.4 Å². The molecule has 7 heteroatoms. The third-order valence-electron chi connectivity index (χ3n) is 5.23. The molecule has 1 N–H and O–H groups in total. The van der Waals surface area contributed by atoms with Crippen LogP contribution >= 0.6 is 0 Å². The Labute approximate surface area is 159 Å². The van der Waals surface area contributed by atoms with Crippen LogP contribution in [0.15, 0.2) is 36.7 Å². The molecule has 2 fully saturated rings. The fourth-order valence-electron chi connectivity index (χ4n) is 3.72. The zero-order chi connectivity index (χ0) is 18.6. The second-order valence-corrected chi connectivity index (χ2v) is 7.33. The summed E-state index contributed by atoms with van der Waals surface area (Å²) in [5, 5.41) is 7.30. The summed E-state index contributed by atoms with van der Waals surface area (Å²) in [5.41, 5.74) is 3.22. The second-order valence-electron chi connectivity index (χ2n) is 7.33. The van der Waals surface area contributed by atoms with Gasteiger partial charge in [0.2, 0.25) is 0 Å². The van der Waals surface area contributed by atoms with Gasteiger partial charge in [0.15, 0.2) is 0 Å². The quantitative estimate of drug-likeness (QED) is 0.900. The summed E-state index contributed by atoms with van der Waals surface area (Å²) in [6.07, 6.45) is 6.01. The number of anilines is 2. The standard InChI is InChI=1S/C20H27N5O2/c1-16-4-2-5-18(12-16)23-7-9-24(10-8-23)20(26)22-17-13-21-25(14-17)15-19-6-3-11-27-19/h2,4-5,12-14,19H,3,6-11,15H2,1H3,(H,22,26). The third-order valence-corrected chi connectivity index (χ3v) is 5.23. The van der Waals surface area contributed by atoms with Gasteiger partial charge in [0.1, 0.15) is 0 Å². The molecule has 27 heavy (non-hydrogen) atoms. The Morgan fingerprint density at radius 2 is 2.15 bits per heavy atom. The predicted molar refractivity (Wildman–Crippen MR) is 105 cm³/mol. The molecule has 144 valence electrons. The molecule has 1 aromatic heterocycles. The molecule has 0 bridgehead atoms. The lowest BCUT2D eigenvalue weighted by molar-refractivity contribution is 0.0940. The first-order chi connectivity index (χ1) is 13.2. The van der Waals surface area contributed by atoms with Crippen LogP contribution in [0, 0.1) is 6.92 Å². The molecule has 2 amide bonds. The minimum atomic E-state index is -0.0597. The van der Waals surface area contributed by atoms with E-state index >= 15 is 0 Å². The molecule has 0 aliphatic carbocycles. The number of benzene rings is 1. The maximum absolute atomic E-state index is 12.6. The number of piperazine rings is 1. The Bertz CT molecular complexity index is 776. The molecule has 0 spiro atoms. The van der Waals surface area contributed by atoms with E-state index in [0.29, 0.717) is 13.1 Å². The largest absolute Gasteiger partial charge is 0.376 e. The summed E-state index contributed by atoms with van der Waals surface area (Å²) in [4.78, 5) is 16.7. The fourth-order valence-corrected chi connectivity index (χ4v) is 3.72. The van der Waals surface area contributed by atoms with Crippen molar-refractivity contribution in [1.29, 1.82) is 0 Å². The summed E-state index contributed by atoms with van der Waals surface area (Å²) < 4.78 is 7.48. The van der Waals surface area contributed by atoms with Crippen LogP contribution in [0.5, 0.6) is 0 Å². The van der Waals surface area contributed by atoms with Crippen LogP contribution in [0.4, 0.5) is 16.2 Å². The van der Waals surface area contributed by atoms with Gasteiger partial charge in [-0.2, -0.15) is 5.10 Å². The van der Waals surface area contributed by atoms with E-state index in [1.165, 1.54) is 11.3 Å². The SMILES string of the molecule is Cc1cccc(N2CCN(C(=O)Nc3cnn(CC4CCCO4)c3)CC2)c1. The Kier molecular flexibility index (Phi) is 5.29. The number of ether oxygens (including phenoxy) is 1. The van der Waals surface area contributed by atoms with Crippen molar-refractivity contribution in [1.82, 2.24) is 14.7 Å². The normalized spacial score (nSPS) is 20.1. The Hall–Kier alpha value is -2.54. The smallest absolute Gasteiger partial charge is 0.322 e. The van der Waals surface area contributed by atoms with Gasteiger partial charge in [-0.05, 0) is 37.5 Å². The number of urea groups is 1. The number of nitrogens with zero attached hydrogens (tertiary/aromatic N) is 4. The van der Waals surface area contributed by atoms with Gasteiger partial charge < -0.3 is 19.9 Å². The van der Waals surface area contributed by atoms with Crippen LogP contribution in [0.1, 0.15) is 18.4 Å². The van der Waals surface area contributed by atoms with Gasteiger partial charge in [0.25, 0.3) is 0 Å². The molecule has 2 aliphatic rings. The number of carbonyl (C=O) groups excluding carboxylic acids is 1. The van der Waals surface area contributed by atoms with Crippen molar-refractivity contribution in [2.24, 2.45) is 0 Å². The first-order valence-corrected chi connectivity index (χ1v) is 9.69. The predicted octanol–water partition coefficient (Wildman–Crippen LogP) is 2.72. The van der Waals surface area contributed by atoms with Crippen LogP contribution in [0.3, 0.4) is 0 Å².